The second-order valence-electron chi connectivity index (χ2n) is 2.77. The summed E-state index contributed by atoms with van der Waals surface area (Å²) in [5.74, 6) is -1.21. The first-order valence-electron chi connectivity index (χ1n) is 3.91. The molecule has 0 spiro atoms. The Morgan fingerprint density at radius 3 is 2.86 bits per heavy atom. The number of aromatic nitrogens is 2. The summed E-state index contributed by atoms with van der Waals surface area (Å²) in [5.41, 5.74) is 0.581. The van der Waals surface area contributed by atoms with Crippen molar-refractivity contribution in [3.63, 3.8) is 0 Å². The second-order valence-corrected chi connectivity index (χ2v) is 2.77. The molecule has 0 saturated carbocycles. The van der Waals surface area contributed by atoms with E-state index in [1.54, 1.807) is 6.92 Å². The highest BCUT2D eigenvalue weighted by molar-refractivity contribution is 5.66. The summed E-state index contributed by atoms with van der Waals surface area (Å²) in [6.07, 6.45) is -0.0975. The number of aryl methyl sites for hydroxylation is 2. The zero-order valence-corrected chi connectivity index (χ0v) is 7.51. The number of rotatable bonds is 4. The van der Waals surface area contributed by atoms with E-state index < -0.39 is 10.9 Å². The molecule has 76 valence electrons. The standard InChI is InChI=1S/C7H9N3O4/c1-5-4-6(10(13)14)8-9(5)3-2-7(11)12/h4H,2-3H2,1H3,(H,11,12). The molecule has 0 atom stereocenters. The van der Waals surface area contributed by atoms with E-state index in [0.717, 1.165) is 0 Å². The lowest BCUT2D eigenvalue weighted by Crippen LogP contribution is -2.07. The van der Waals surface area contributed by atoms with Crippen LogP contribution in [-0.2, 0) is 11.3 Å². The van der Waals surface area contributed by atoms with Crippen molar-refractivity contribution in [2.24, 2.45) is 0 Å². The minimum atomic E-state index is -0.956. The molecule has 0 saturated heterocycles. The molecule has 1 N–H and O–H groups in total. The number of carboxylic acid groups (broad SMARTS) is 1. The Morgan fingerprint density at radius 1 is 1.79 bits per heavy atom. The summed E-state index contributed by atoms with van der Waals surface area (Å²) in [6.45, 7) is 1.79. The number of nitro groups is 1. The van der Waals surface area contributed by atoms with Crippen LogP contribution in [0, 0.1) is 17.0 Å². The Bertz CT molecular complexity index is 371. The van der Waals surface area contributed by atoms with E-state index >= 15 is 0 Å². The average Bonchev–Trinajstić information content (AvgIpc) is 2.43. The molecule has 0 aromatic carbocycles. The maximum Gasteiger partial charge on any atom is 0.390 e. The van der Waals surface area contributed by atoms with Crippen LogP contribution in [-0.4, -0.2) is 25.8 Å². The van der Waals surface area contributed by atoms with Gasteiger partial charge in [-0.15, -0.1) is 0 Å². The summed E-state index contributed by atoms with van der Waals surface area (Å²) >= 11 is 0. The molecule has 0 aliphatic rings. The molecule has 14 heavy (non-hydrogen) atoms. The second kappa shape index (κ2) is 3.86. The van der Waals surface area contributed by atoms with Gasteiger partial charge in [0.15, 0.2) is 0 Å². The summed E-state index contributed by atoms with van der Waals surface area (Å²) in [4.78, 5) is 20.0. The molecular weight excluding hydrogens is 190 g/mol. The molecule has 0 radical (unpaired) electrons. The summed E-state index contributed by atoms with van der Waals surface area (Å²) in [6, 6.07) is 1.31. The molecule has 1 aromatic rings. The van der Waals surface area contributed by atoms with Crippen molar-refractivity contribution in [1.82, 2.24) is 9.78 Å². The van der Waals surface area contributed by atoms with E-state index in [4.69, 9.17) is 5.11 Å². The molecule has 0 bridgehead atoms. The monoisotopic (exact) mass is 199 g/mol. The van der Waals surface area contributed by atoms with Gasteiger partial charge in [-0.1, -0.05) is 0 Å². The molecule has 0 fully saturated rings. The van der Waals surface area contributed by atoms with Gasteiger partial charge in [0.05, 0.1) is 29.8 Å². The van der Waals surface area contributed by atoms with E-state index in [2.05, 4.69) is 5.10 Å². The summed E-state index contributed by atoms with van der Waals surface area (Å²) in [5, 5.41) is 22.4. The van der Waals surface area contributed by atoms with Crippen LogP contribution in [0.1, 0.15) is 12.1 Å². The molecule has 0 amide bonds. The smallest absolute Gasteiger partial charge is 0.390 e. The summed E-state index contributed by atoms with van der Waals surface area (Å²) < 4.78 is 1.31. The number of aliphatic carboxylic acids is 1. The fourth-order valence-corrected chi connectivity index (χ4v) is 1.01. The molecule has 1 rings (SSSR count). The maximum atomic E-state index is 10.3. The predicted molar refractivity (Wildman–Crippen MR) is 45.9 cm³/mol. The highest BCUT2D eigenvalue weighted by Crippen LogP contribution is 2.10. The largest absolute Gasteiger partial charge is 0.481 e. The summed E-state index contributed by atoms with van der Waals surface area (Å²) in [7, 11) is 0. The van der Waals surface area contributed by atoms with Gasteiger partial charge in [0.2, 0.25) is 0 Å². The van der Waals surface area contributed by atoms with Gasteiger partial charge in [-0.05, 0) is 11.8 Å². The van der Waals surface area contributed by atoms with Crippen LogP contribution < -0.4 is 0 Å². The van der Waals surface area contributed by atoms with Crippen molar-refractivity contribution in [3.8, 4) is 0 Å². The van der Waals surface area contributed by atoms with Crippen molar-refractivity contribution in [1.29, 1.82) is 0 Å². The number of nitrogens with zero attached hydrogens (tertiary/aromatic N) is 3. The van der Waals surface area contributed by atoms with Gasteiger partial charge >= 0.3 is 11.8 Å². The Balaban J connectivity index is 2.77. The van der Waals surface area contributed by atoms with Gasteiger partial charge in [-0.25, -0.2) is 0 Å². The zero-order chi connectivity index (χ0) is 10.7. The van der Waals surface area contributed by atoms with Crippen molar-refractivity contribution in [3.05, 3.63) is 21.9 Å². The van der Waals surface area contributed by atoms with E-state index in [1.165, 1.54) is 10.7 Å². The first kappa shape index (κ1) is 10.2. The molecule has 0 aliphatic heterocycles. The lowest BCUT2D eigenvalue weighted by atomic mass is 10.4. The Kier molecular flexibility index (Phi) is 2.80. The third-order valence-electron chi connectivity index (χ3n) is 1.69. The van der Waals surface area contributed by atoms with Gasteiger partial charge in [-0.3, -0.25) is 4.79 Å². The van der Waals surface area contributed by atoms with Crippen LogP contribution >= 0.6 is 0 Å². The van der Waals surface area contributed by atoms with Crippen molar-refractivity contribution in [2.45, 2.75) is 19.9 Å². The number of hydrogen-bond acceptors (Lipinski definition) is 4. The van der Waals surface area contributed by atoms with Gasteiger partial charge in [0, 0.05) is 0 Å². The van der Waals surface area contributed by atoms with Crippen LogP contribution in [0.4, 0.5) is 5.82 Å². The number of carboxylic acids is 1. The Hall–Kier alpha value is -1.92. The lowest BCUT2D eigenvalue weighted by Gasteiger charge is -1.94. The minimum absolute atomic E-state index is 0.0975. The first-order chi connectivity index (χ1) is 6.50. The zero-order valence-electron chi connectivity index (χ0n) is 7.51. The van der Waals surface area contributed by atoms with E-state index in [-0.39, 0.29) is 18.8 Å². The van der Waals surface area contributed by atoms with Crippen LogP contribution in [0.5, 0.6) is 0 Å². The Morgan fingerprint density at radius 2 is 2.43 bits per heavy atom. The number of hydrogen-bond donors (Lipinski definition) is 1. The molecule has 7 heteroatoms. The average molecular weight is 199 g/mol. The molecule has 1 heterocycles. The minimum Gasteiger partial charge on any atom is -0.481 e. The lowest BCUT2D eigenvalue weighted by molar-refractivity contribution is -0.389. The molecule has 7 nitrogen and oxygen atoms in total. The maximum absolute atomic E-state index is 10.3. The normalized spacial score (nSPS) is 10.1. The quantitative estimate of drug-likeness (QED) is 0.564. The van der Waals surface area contributed by atoms with E-state index in [0.29, 0.717) is 5.69 Å². The predicted octanol–water partition coefficient (Wildman–Crippen LogP) is 0.574. The van der Waals surface area contributed by atoms with Crippen molar-refractivity contribution in [2.75, 3.05) is 0 Å². The molecular formula is C7H9N3O4. The van der Waals surface area contributed by atoms with Crippen LogP contribution in [0.15, 0.2) is 6.07 Å². The Labute approximate surface area is 79.1 Å². The third-order valence-corrected chi connectivity index (χ3v) is 1.69. The highest BCUT2D eigenvalue weighted by atomic mass is 16.6. The van der Waals surface area contributed by atoms with Gasteiger partial charge in [-0.2, -0.15) is 4.68 Å². The SMILES string of the molecule is Cc1cc([N+](=O)[O-])nn1CCC(=O)O. The number of carbonyl (C=O) groups is 1. The van der Waals surface area contributed by atoms with Crippen LogP contribution in [0.2, 0.25) is 0 Å². The van der Waals surface area contributed by atoms with Crippen molar-refractivity contribution < 1.29 is 14.8 Å². The molecule has 0 unspecified atom stereocenters. The van der Waals surface area contributed by atoms with Crippen LogP contribution in [0.25, 0.3) is 0 Å². The van der Waals surface area contributed by atoms with Gasteiger partial charge in [0.1, 0.15) is 0 Å². The fourth-order valence-electron chi connectivity index (χ4n) is 1.01. The van der Waals surface area contributed by atoms with Crippen molar-refractivity contribution >= 4 is 11.8 Å². The fraction of sp³-hybridized carbons (Fsp3) is 0.429. The molecule has 0 aliphatic carbocycles. The van der Waals surface area contributed by atoms with Gasteiger partial charge in [0.25, 0.3) is 0 Å². The van der Waals surface area contributed by atoms with Crippen LogP contribution in [0.3, 0.4) is 0 Å². The van der Waals surface area contributed by atoms with Gasteiger partial charge < -0.3 is 15.2 Å². The van der Waals surface area contributed by atoms with E-state index in [9.17, 15) is 14.9 Å². The highest BCUT2D eigenvalue weighted by Gasteiger charge is 2.15. The van der Waals surface area contributed by atoms with E-state index in [1.807, 2.05) is 0 Å². The topological polar surface area (TPSA) is 98.3 Å². The molecule has 1 aromatic heterocycles. The first-order valence-corrected chi connectivity index (χ1v) is 3.91. The third kappa shape index (κ3) is 2.28.